The van der Waals surface area contributed by atoms with Crippen molar-refractivity contribution in [2.24, 2.45) is 7.05 Å². The van der Waals surface area contributed by atoms with Gasteiger partial charge in [-0.3, -0.25) is 14.4 Å². The Morgan fingerprint density at radius 3 is 3.08 bits per heavy atom. The van der Waals surface area contributed by atoms with E-state index in [4.69, 9.17) is 4.74 Å². The number of fused-ring (bicyclic) bond motifs is 2. The maximum Gasteiger partial charge on any atom is 0.238 e. The number of rotatable bonds is 1. The van der Waals surface area contributed by atoms with E-state index in [1.165, 1.54) is 0 Å². The summed E-state index contributed by atoms with van der Waals surface area (Å²) in [6.45, 7) is 3.57. The van der Waals surface area contributed by atoms with Crippen molar-refractivity contribution in [2.75, 3.05) is 38.1 Å². The Bertz CT molecular complexity index is 757. The largest absolute Gasteiger partial charge is 0.490 e. The number of nitrogens with one attached hydrogen (secondary N) is 2. The smallest absolute Gasteiger partial charge is 0.238 e. The van der Waals surface area contributed by atoms with Crippen LogP contribution in [0.1, 0.15) is 0 Å². The highest BCUT2D eigenvalue weighted by Crippen LogP contribution is 2.31. The molecule has 0 aliphatic carbocycles. The lowest BCUT2D eigenvalue weighted by Gasteiger charge is -2.34. The molecule has 7 heteroatoms. The first-order valence-corrected chi connectivity index (χ1v) is 8.19. The van der Waals surface area contributed by atoms with Gasteiger partial charge in [0.1, 0.15) is 12.4 Å². The number of carbonyl (C=O) groups is 1. The lowest BCUT2D eigenvalue weighted by molar-refractivity contribution is -0.118. The van der Waals surface area contributed by atoms with Gasteiger partial charge in [-0.2, -0.15) is 5.10 Å². The van der Waals surface area contributed by atoms with E-state index in [1.54, 1.807) is 4.68 Å². The molecule has 2 aliphatic heterocycles. The molecule has 1 aromatic carbocycles. The second-order valence-electron chi connectivity index (χ2n) is 6.30. The summed E-state index contributed by atoms with van der Waals surface area (Å²) in [6, 6.07) is 6.08. The lowest BCUT2D eigenvalue weighted by atomic mass is 10.1. The van der Waals surface area contributed by atoms with Crippen LogP contribution >= 0.6 is 0 Å². The van der Waals surface area contributed by atoms with E-state index >= 15 is 0 Å². The molecule has 0 radical (unpaired) electrons. The Kier molecular flexibility index (Phi) is 3.95. The van der Waals surface area contributed by atoms with E-state index in [0.29, 0.717) is 24.6 Å². The normalized spacial score (nSPS) is 21.5. The summed E-state index contributed by atoms with van der Waals surface area (Å²) < 4.78 is 7.77. The zero-order valence-electron chi connectivity index (χ0n) is 13.7. The molecule has 126 valence electrons. The van der Waals surface area contributed by atoms with E-state index < -0.39 is 0 Å². The molecular weight excluding hydrogens is 306 g/mol. The highest BCUT2D eigenvalue weighted by atomic mass is 16.5. The number of carbonyl (C=O) groups excluding carboxylic acids is 1. The molecule has 1 amide bonds. The van der Waals surface area contributed by atoms with Crippen molar-refractivity contribution in [2.45, 2.75) is 6.04 Å². The van der Waals surface area contributed by atoms with Crippen LogP contribution in [0.3, 0.4) is 0 Å². The summed E-state index contributed by atoms with van der Waals surface area (Å²) in [6.07, 6.45) is 3.76. The zero-order chi connectivity index (χ0) is 16.5. The van der Waals surface area contributed by atoms with Gasteiger partial charge in [-0.1, -0.05) is 6.07 Å². The number of benzene rings is 1. The fourth-order valence-corrected chi connectivity index (χ4v) is 3.24. The van der Waals surface area contributed by atoms with E-state index in [-0.39, 0.29) is 11.9 Å². The van der Waals surface area contributed by atoms with Gasteiger partial charge in [0.2, 0.25) is 5.91 Å². The average molecular weight is 327 g/mol. The molecule has 0 spiro atoms. The number of piperazine rings is 1. The molecule has 1 saturated heterocycles. The highest BCUT2D eigenvalue weighted by Gasteiger charge is 2.27. The third-order valence-corrected chi connectivity index (χ3v) is 4.54. The Labute approximate surface area is 140 Å². The van der Waals surface area contributed by atoms with E-state index in [0.717, 1.165) is 30.8 Å². The number of amides is 1. The maximum atomic E-state index is 12.4. The molecule has 1 aromatic heterocycles. The number of anilines is 1. The van der Waals surface area contributed by atoms with Crippen LogP contribution in [0.25, 0.3) is 11.1 Å². The Hall–Kier alpha value is -2.38. The van der Waals surface area contributed by atoms with Gasteiger partial charge in [0.25, 0.3) is 0 Å². The predicted molar refractivity (Wildman–Crippen MR) is 91.0 cm³/mol. The molecular formula is C17H21N5O2. The SMILES string of the molecule is Cn1cc(-c2ccc3c(c2)NC(=O)CN2CCNC[C@H]2CO3)cn1. The summed E-state index contributed by atoms with van der Waals surface area (Å²) in [5.74, 6) is 0.709. The van der Waals surface area contributed by atoms with Gasteiger partial charge in [0.05, 0.1) is 24.5 Å². The number of nitrogens with zero attached hydrogens (tertiary/aromatic N) is 3. The summed E-state index contributed by atoms with van der Waals surface area (Å²) in [4.78, 5) is 14.6. The fraction of sp³-hybridized carbons (Fsp3) is 0.412. The van der Waals surface area contributed by atoms with Crippen molar-refractivity contribution in [3.63, 3.8) is 0 Å². The van der Waals surface area contributed by atoms with Gasteiger partial charge in [-0.25, -0.2) is 0 Å². The van der Waals surface area contributed by atoms with Crippen molar-refractivity contribution in [3.8, 4) is 16.9 Å². The molecule has 2 aromatic rings. The Morgan fingerprint density at radius 2 is 2.25 bits per heavy atom. The van der Waals surface area contributed by atoms with Crippen molar-refractivity contribution in [1.82, 2.24) is 20.0 Å². The topological polar surface area (TPSA) is 71.4 Å². The third-order valence-electron chi connectivity index (χ3n) is 4.54. The molecule has 24 heavy (non-hydrogen) atoms. The van der Waals surface area contributed by atoms with Crippen LogP contribution in [0.2, 0.25) is 0 Å². The van der Waals surface area contributed by atoms with Crippen LogP contribution in [0.5, 0.6) is 5.75 Å². The maximum absolute atomic E-state index is 12.4. The molecule has 1 fully saturated rings. The van der Waals surface area contributed by atoms with Gasteiger partial charge in [0.15, 0.2) is 0 Å². The molecule has 4 rings (SSSR count). The van der Waals surface area contributed by atoms with Crippen LogP contribution in [0.15, 0.2) is 30.6 Å². The average Bonchev–Trinajstić information content (AvgIpc) is 3.02. The lowest BCUT2D eigenvalue weighted by Crippen LogP contribution is -2.55. The minimum atomic E-state index is -0.00279. The van der Waals surface area contributed by atoms with Gasteiger partial charge in [0, 0.05) is 38.4 Å². The highest BCUT2D eigenvalue weighted by molar-refractivity contribution is 5.94. The third kappa shape index (κ3) is 3.00. The monoisotopic (exact) mass is 327 g/mol. The second kappa shape index (κ2) is 6.26. The first-order chi connectivity index (χ1) is 11.7. The Morgan fingerprint density at radius 1 is 1.33 bits per heavy atom. The molecule has 0 unspecified atom stereocenters. The van der Waals surface area contributed by atoms with Gasteiger partial charge >= 0.3 is 0 Å². The van der Waals surface area contributed by atoms with Crippen molar-refractivity contribution in [3.05, 3.63) is 30.6 Å². The second-order valence-corrected chi connectivity index (χ2v) is 6.30. The fourth-order valence-electron chi connectivity index (χ4n) is 3.24. The Balaban J connectivity index is 1.64. The van der Waals surface area contributed by atoms with Gasteiger partial charge in [-0.15, -0.1) is 0 Å². The van der Waals surface area contributed by atoms with Crippen LogP contribution < -0.4 is 15.4 Å². The number of ether oxygens (including phenoxy) is 1. The van der Waals surface area contributed by atoms with E-state index in [9.17, 15) is 4.79 Å². The predicted octanol–water partition coefficient (Wildman–Crippen LogP) is 0.692. The standard InChI is InChI=1S/C17H21N5O2/c1-21-9-13(7-19-21)12-2-3-16-15(6-12)20-17(23)10-22-5-4-18-8-14(22)11-24-16/h2-3,6-7,9,14,18H,4-5,8,10-11H2,1H3,(H,20,23)/t14-/m0/s1. The molecule has 0 bridgehead atoms. The summed E-state index contributed by atoms with van der Waals surface area (Å²) in [7, 11) is 1.89. The molecule has 0 saturated carbocycles. The van der Waals surface area contributed by atoms with Crippen LogP contribution in [-0.4, -0.2) is 59.4 Å². The number of aryl methyl sites for hydroxylation is 1. The van der Waals surface area contributed by atoms with Crippen LogP contribution in [0, 0.1) is 0 Å². The molecule has 2 N–H and O–H groups in total. The number of aromatic nitrogens is 2. The van der Waals surface area contributed by atoms with Crippen molar-refractivity contribution < 1.29 is 9.53 Å². The van der Waals surface area contributed by atoms with E-state index in [2.05, 4.69) is 20.6 Å². The molecule has 3 heterocycles. The van der Waals surface area contributed by atoms with Crippen LogP contribution in [-0.2, 0) is 11.8 Å². The first kappa shape index (κ1) is 15.2. The molecule has 1 atom stereocenters. The molecule has 2 aliphatic rings. The summed E-state index contributed by atoms with van der Waals surface area (Å²) in [5.41, 5.74) is 2.73. The van der Waals surface area contributed by atoms with E-state index in [1.807, 2.05) is 37.6 Å². The van der Waals surface area contributed by atoms with Gasteiger partial charge in [-0.05, 0) is 17.7 Å². The minimum absolute atomic E-state index is 0.00279. The molecule has 7 nitrogen and oxygen atoms in total. The summed E-state index contributed by atoms with van der Waals surface area (Å²) >= 11 is 0. The number of hydrogen-bond acceptors (Lipinski definition) is 5. The zero-order valence-corrected chi connectivity index (χ0v) is 13.7. The minimum Gasteiger partial charge on any atom is -0.490 e. The first-order valence-electron chi connectivity index (χ1n) is 8.19. The number of hydrogen-bond donors (Lipinski definition) is 2. The quantitative estimate of drug-likeness (QED) is 0.806. The van der Waals surface area contributed by atoms with Crippen LogP contribution in [0.4, 0.5) is 5.69 Å². The summed E-state index contributed by atoms with van der Waals surface area (Å²) in [5, 5.41) is 10.6. The van der Waals surface area contributed by atoms with Crippen molar-refractivity contribution >= 4 is 11.6 Å². The van der Waals surface area contributed by atoms with Gasteiger partial charge < -0.3 is 15.4 Å². The van der Waals surface area contributed by atoms with Crippen molar-refractivity contribution in [1.29, 1.82) is 0 Å².